The Morgan fingerprint density at radius 2 is 2.08 bits per heavy atom. The molecule has 1 aliphatic heterocycles. The second kappa shape index (κ2) is 6.88. The molecule has 2 heterocycles. The fraction of sp³-hybridized carbons (Fsp3) is 0.312. The number of halogens is 2. The molecular formula is C16H16F2N4O3. The van der Waals surface area contributed by atoms with Crippen molar-refractivity contribution in [2.75, 3.05) is 18.4 Å². The minimum atomic E-state index is -0.981. The van der Waals surface area contributed by atoms with Crippen LogP contribution in [0.15, 0.2) is 35.1 Å². The summed E-state index contributed by atoms with van der Waals surface area (Å²) in [4.78, 5) is 25.0. The predicted molar refractivity (Wildman–Crippen MR) is 85.5 cm³/mol. The van der Waals surface area contributed by atoms with Crippen molar-refractivity contribution < 1.29 is 18.3 Å². The lowest BCUT2D eigenvalue weighted by atomic mass is 10.3. The number of rotatable bonds is 3. The summed E-state index contributed by atoms with van der Waals surface area (Å²) in [7, 11) is 1.49. The van der Waals surface area contributed by atoms with Crippen LogP contribution in [0.4, 0.5) is 19.4 Å². The van der Waals surface area contributed by atoms with Crippen LogP contribution in [0.2, 0.25) is 0 Å². The lowest BCUT2D eigenvalue weighted by Gasteiger charge is -2.17. The number of hydrogen-bond donors (Lipinski definition) is 1. The van der Waals surface area contributed by atoms with Gasteiger partial charge in [-0.2, -0.15) is 5.10 Å². The largest absolute Gasteiger partial charge is 0.488 e. The topological polar surface area (TPSA) is 76.5 Å². The maximum atomic E-state index is 13.2. The van der Waals surface area contributed by atoms with E-state index in [-0.39, 0.29) is 29.3 Å². The molecule has 1 aromatic heterocycles. The van der Waals surface area contributed by atoms with Gasteiger partial charge in [0.2, 0.25) is 0 Å². The molecule has 1 N–H and O–H groups in total. The molecule has 9 heteroatoms. The number of anilines is 1. The highest BCUT2D eigenvalue weighted by Gasteiger charge is 2.28. The van der Waals surface area contributed by atoms with E-state index >= 15 is 0 Å². The summed E-state index contributed by atoms with van der Waals surface area (Å²) >= 11 is 0. The van der Waals surface area contributed by atoms with Crippen molar-refractivity contribution in [3.05, 3.63) is 52.3 Å². The van der Waals surface area contributed by atoms with Gasteiger partial charge in [0.15, 0.2) is 17.5 Å². The monoisotopic (exact) mass is 350 g/mol. The van der Waals surface area contributed by atoms with Crippen molar-refractivity contribution in [2.24, 2.45) is 7.05 Å². The van der Waals surface area contributed by atoms with Gasteiger partial charge >= 0.3 is 6.03 Å². The highest BCUT2D eigenvalue weighted by atomic mass is 19.2. The average Bonchev–Trinajstić information content (AvgIpc) is 3.03. The summed E-state index contributed by atoms with van der Waals surface area (Å²) < 4.78 is 32.8. The maximum Gasteiger partial charge on any atom is 0.323 e. The lowest BCUT2D eigenvalue weighted by molar-refractivity contribution is 0.194. The van der Waals surface area contributed by atoms with E-state index in [1.54, 1.807) is 0 Å². The number of likely N-dealkylation sites (tertiary alicyclic amines) is 1. The molecule has 0 radical (unpaired) electrons. The van der Waals surface area contributed by atoms with Gasteiger partial charge in [0.05, 0.1) is 6.54 Å². The molecule has 1 fully saturated rings. The van der Waals surface area contributed by atoms with Crippen molar-refractivity contribution in [3.8, 4) is 5.75 Å². The first-order valence-electron chi connectivity index (χ1n) is 7.64. The van der Waals surface area contributed by atoms with Gasteiger partial charge in [0.25, 0.3) is 5.56 Å². The van der Waals surface area contributed by atoms with E-state index in [4.69, 9.17) is 4.74 Å². The molecule has 7 nitrogen and oxygen atoms in total. The molecule has 0 unspecified atom stereocenters. The summed E-state index contributed by atoms with van der Waals surface area (Å²) in [5.74, 6) is -1.45. The zero-order valence-electron chi connectivity index (χ0n) is 13.4. The number of urea groups is 1. The highest BCUT2D eigenvalue weighted by Crippen LogP contribution is 2.21. The number of amides is 2. The van der Waals surface area contributed by atoms with Crippen LogP contribution in [0.3, 0.4) is 0 Å². The molecule has 0 spiro atoms. The lowest BCUT2D eigenvalue weighted by Crippen LogP contribution is -2.35. The first kappa shape index (κ1) is 16.9. The Bertz CT molecular complexity index is 856. The van der Waals surface area contributed by atoms with Gasteiger partial charge < -0.3 is 9.64 Å². The van der Waals surface area contributed by atoms with Gasteiger partial charge in [-0.1, -0.05) is 0 Å². The quantitative estimate of drug-likeness (QED) is 0.915. The molecule has 0 saturated carbocycles. The molecule has 1 saturated heterocycles. The summed E-state index contributed by atoms with van der Waals surface area (Å²) in [6, 6.07) is 5.67. The highest BCUT2D eigenvalue weighted by molar-refractivity contribution is 5.88. The van der Waals surface area contributed by atoms with Crippen LogP contribution in [0, 0.1) is 11.6 Å². The molecule has 1 aliphatic rings. The molecular weight excluding hydrogens is 334 g/mol. The van der Waals surface area contributed by atoms with Gasteiger partial charge in [-0.25, -0.2) is 18.3 Å². The van der Waals surface area contributed by atoms with Crippen molar-refractivity contribution in [3.63, 3.8) is 0 Å². The first-order chi connectivity index (χ1) is 11.9. The van der Waals surface area contributed by atoms with Crippen LogP contribution < -0.4 is 15.6 Å². The number of carbonyl (C=O) groups is 1. The van der Waals surface area contributed by atoms with Crippen LogP contribution in [0.5, 0.6) is 5.75 Å². The molecule has 2 amide bonds. The zero-order chi connectivity index (χ0) is 18.0. The fourth-order valence-electron chi connectivity index (χ4n) is 2.51. The average molecular weight is 350 g/mol. The SMILES string of the molecule is Cn1nc(NC(=O)N2CC[C@H](Oc3ccc(F)c(F)c3)C2)ccc1=O. The first-order valence-corrected chi connectivity index (χ1v) is 7.64. The second-order valence-corrected chi connectivity index (χ2v) is 5.66. The van der Waals surface area contributed by atoms with Gasteiger partial charge in [-0.3, -0.25) is 10.1 Å². The van der Waals surface area contributed by atoms with Crippen LogP contribution in [-0.4, -0.2) is 39.9 Å². The van der Waals surface area contributed by atoms with Crippen LogP contribution in [0.1, 0.15) is 6.42 Å². The Morgan fingerprint density at radius 3 is 2.80 bits per heavy atom. The Labute approximate surface area is 141 Å². The predicted octanol–water partition coefficient (Wildman–Crippen LogP) is 1.74. The summed E-state index contributed by atoms with van der Waals surface area (Å²) in [5, 5.41) is 6.53. The van der Waals surface area contributed by atoms with E-state index in [9.17, 15) is 18.4 Å². The minimum Gasteiger partial charge on any atom is -0.488 e. The van der Waals surface area contributed by atoms with Gasteiger partial charge in [-0.05, 0) is 18.2 Å². The number of aryl methyl sites for hydroxylation is 1. The second-order valence-electron chi connectivity index (χ2n) is 5.66. The van der Waals surface area contributed by atoms with Crippen molar-refractivity contribution in [2.45, 2.75) is 12.5 Å². The molecule has 1 atom stereocenters. The number of carbonyl (C=O) groups excluding carboxylic acids is 1. The molecule has 132 valence electrons. The number of hydrogen-bond acceptors (Lipinski definition) is 4. The summed E-state index contributed by atoms with van der Waals surface area (Å²) in [5.41, 5.74) is -0.279. The molecule has 2 aromatic rings. The van der Waals surface area contributed by atoms with Crippen LogP contribution >= 0.6 is 0 Å². The third kappa shape index (κ3) is 3.93. The third-order valence-corrected chi connectivity index (χ3v) is 3.82. The molecule has 25 heavy (non-hydrogen) atoms. The van der Waals surface area contributed by atoms with E-state index in [0.29, 0.717) is 19.5 Å². The third-order valence-electron chi connectivity index (χ3n) is 3.82. The Morgan fingerprint density at radius 1 is 1.28 bits per heavy atom. The smallest absolute Gasteiger partial charge is 0.323 e. The fourth-order valence-corrected chi connectivity index (χ4v) is 2.51. The number of nitrogens with zero attached hydrogens (tertiary/aromatic N) is 3. The van der Waals surface area contributed by atoms with Crippen molar-refractivity contribution in [1.82, 2.24) is 14.7 Å². The Hall–Kier alpha value is -2.97. The normalized spacial score (nSPS) is 16.8. The molecule has 0 bridgehead atoms. The van der Waals surface area contributed by atoms with E-state index < -0.39 is 11.6 Å². The number of aromatic nitrogens is 2. The number of nitrogens with one attached hydrogen (secondary N) is 1. The summed E-state index contributed by atoms with van der Waals surface area (Å²) in [6.45, 7) is 0.753. The van der Waals surface area contributed by atoms with Gasteiger partial charge in [-0.15, -0.1) is 0 Å². The van der Waals surface area contributed by atoms with Crippen molar-refractivity contribution in [1.29, 1.82) is 0 Å². The van der Waals surface area contributed by atoms with Crippen molar-refractivity contribution >= 4 is 11.8 Å². The Balaban J connectivity index is 1.58. The summed E-state index contributed by atoms with van der Waals surface area (Å²) in [6.07, 6.45) is 0.247. The zero-order valence-corrected chi connectivity index (χ0v) is 13.4. The van der Waals surface area contributed by atoms with E-state index in [1.165, 1.54) is 30.1 Å². The molecule has 1 aromatic carbocycles. The van der Waals surface area contributed by atoms with Gasteiger partial charge in [0.1, 0.15) is 11.9 Å². The standard InChI is InChI=1S/C16H16F2N4O3/c1-21-15(23)5-4-14(20-21)19-16(24)22-7-6-11(9-22)25-10-2-3-12(17)13(18)8-10/h2-5,8,11H,6-7,9H2,1H3,(H,19,20,24)/t11-/m0/s1. The van der Waals surface area contributed by atoms with E-state index in [1.807, 2.05) is 0 Å². The molecule has 0 aliphatic carbocycles. The van der Waals surface area contributed by atoms with Crippen LogP contribution in [-0.2, 0) is 7.05 Å². The molecule has 3 rings (SSSR count). The van der Waals surface area contributed by atoms with E-state index in [0.717, 1.165) is 16.8 Å². The van der Waals surface area contributed by atoms with E-state index in [2.05, 4.69) is 10.4 Å². The minimum absolute atomic E-state index is 0.214. The van der Waals surface area contributed by atoms with Crippen LogP contribution in [0.25, 0.3) is 0 Å². The van der Waals surface area contributed by atoms with Gasteiger partial charge in [0, 0.05) is 32.1 Å². The number of ether oxygens (including phenoxy) is 1. The number of benzene rings is 1. The maximum absolute atomic E-state index is 13.2. The Kier molecular flexibility index (Phi) is 4.64.